The summed E-state index contributed by atoms with van der Waals surface area (Å²) in [4.78, 5) is 12.2. The van der Waals surface area contributed by atoms with Crippen LogP contribution in [0.25, 0.3) is 0 Å². The van der Waals surface area contributed by atoms with E-state index in [-0.39, 0.29) is 29.5 Å². The van der Waals surface area contributed by atoms with Crippen molar-refractivity contribution in [3.05, 3.63) is 59.1 Å². The predicted octanol–water partition coefficient (Wildman–Crippen LogP) is 3.28. The molecule has 0 aromatic heterocycles. The monoisotopic (exact) mass is 410 g/mol. The summed E-state index contributed by atoms with van der Waals surface area (Å²) in [6, 6.07) is 12.7. The van der Waals surface area contributed by atoms with Gasteiger partial charge in [-0.25, -0.2) is 13.1 Å². The van der Waals surface area contributed by atoms with E-state index in [2.05, 4.69) is 10.0 Å². The predicted molar refractivity (Wildman–Crippen MR) is 105 cm³/mol. The van der Waals surface area contributed by atoms with Crippen LogP contribution in [0.2, 0.25) is 5.02 Å². The third kappa shape index (κ3) is 6.53. The van der Waals surface area contributed by atoms with Gasteiger partial charge in [-0.1, -0.05) is 23.7 Å². The minimum Gasteiger partial charge on any atom is -0.484 e. The van der Waals surface area contributed by atoms with Gasteiger partial charge in [-0.15, -0.1) is 0 Å². The summed E-state index contributed by atoms with van der Waals surface area (Å²) in [5, 5.41) is 3.46. The normalized spacial score (nSPS) is 12.6. The molecule has 0 fully saturated rings. The first-order chi connectivity index (χ1) is 12.7. The van der Waals surface area contributed by atoms with E-state index >= 15 is 0 Å². The molecule has 2 N–H and O–H groups in total. The van der Waals surface area contributed by atoms with Crippen molar-refractivity contribution in [1.29, 1.82) is 0 Å². The van der Waals surface area contributed by atoms with Crippen molar-refractivity contribution in [3.63, 3.8) is 0 Å². The van der Waals surface area contributed by atoms with E-state index in [4.69, 9.17) is 16.3 Å². The molecule has 0 saturated heterocycles. The zero-order valence-electron chi connectivity index (χ0n) is 15.4. The molecule has 8 heteroatoms. The Kier molecular flexibility index (Phi) is 7.24. The lowest BCUT2D eigenvalue weighted by Gasteiger charge is -2.15. The number of carbonyl (C=O) groups excluding carboxylic acids is 1. The van der Waals surface area contributed by atoms with E-state index < -0.39 is 10.0 Å². The molecule has 27 heavy (non-hydrogen) atoms. The number of sulfonamides is 1. The van der Waals surface area contributed by atoms with E-state index in [0.29, 0.717) is 10.8 Å². The molecule has 0 aliphatic rings. The number of benzene rings is 2. The van der Waals surface area contributed by atoms with Gasteiger partial charge in [0.25, 0.3) is 5.91 Å². The number of hydrogen-bond acceptors (Lipinski definition) is 4. The molecule has 0 saturated carbocycles. The Balaban J connectivity index is 1.89. The Labute approximate surface area is 164 Å². The number of nitrogens with one attached hydrogen (secondary N) is 2. The molecule has 0 aliphatic heterocycles. The lowest BCUT2D eigenvalue weighted by atomic mass is 10.1. The minimum atomic E-state index is -3.55. The molecule has 1 amide bonds. The van der Waals surface area contributed by atoms with Gasteiger partial charge in [-0.3, -0.25) is 4.79 Å². The Bertz CT molecular complexity index is 866. The van der Waals surface area contributed by atoms with Crippen molar-refractivity contribution in [2.75, 3.05) is 6.61 Å². The van der Waals surface area contributed by atoms with Gasteiger partial charge in [0.2, 0.25) is 10.0 Å². The molecular formula is C19H23ClN2O4S. The Morgan fingerprint density at radius 1 is 1.04 bits per heavy atom. The number of amides is 1. The second kappa shape index (κ2) is 9.21. The third-order valence-electron chi connectivity index (χ3n) is 3.64. The van der Waals surface area contributed by atoms with Crippen LogP contribution in [-0.4, -0.2) is 27.0 Å². The summed E-state index contributed by atoms with van der Waals surface area (Å²) in [5.41, 5.74) is 0.931. The lowest BCUT2D eigenvalue weighted by molar-refractivity contribution is -0.123. The highest BCUT2D eigenvalue weighted by atomic mass is 35.5. The van der Waals surface area contributed by atoms with E-state index in [1.165, 1.54) is 24.3 Å². The van der Waals surface area contributed by atoms with Gasteiger partial charge in [-0.05, 0) is 62.7 Å². The summed E-state index contributed by atoms with van der Waals surface area (Å²) in [6.07, 6.45) is 0. The van der Waals surface area contributed by atoms with Gasteiger partial charge in [-0.2, -0.15) is 0 Å². The fourth-order valence-corrected chi connectivity index (χ4v) is 3.74. The lowest BCUT2D eigenvalue weighted by Crippen LogP contribution is -2.31. The van der Waals surface area contributed by atoms with E-state index in [1.54, 1.807) is 26.0 Å². The van der Waals surface area contributed by atoms with Gasteiger partial charge < -0.3 is 10.1 Å². The molecule has 0 bridgehead atoms. The number of halogens is 1. The topological polar surface area (TPSA) is 84.5 Å². The minimum absolute atomic E-state index is 0.143. The van der Waals surface area contributed by atoms with Crippen molar-refractivity contribution in [3.8, 4) is 5.75 Å². The standard InChI is InChI=1S/C19H23ClN2O4S/c1-13(2)22-27(24,25)18-10-8-17(9-11-18)26-12-19(23)21-14(3)15-4-6-16(20)7-5-15/h4-11,13-14,22H,12H2,1-3H3,(H,21,23)/t14-/m0/s1. The van der Waals surface area contributed by atoms with Crippen molar-refractivity contribution in [1.82, 2.24) is 10.0 Å². The van der Waals surface area contributed by atoms with Gasteiger partial charge in [0.05, 0.1) is 10.9 Å². The molecule has 1 atom stereocenters. The van der Waals surface area contributed by atoms with Gasteiger partial charge in [0.15, 0.2) is 6.61 Å². The van der Waals surface area contributed by atoms with E-state index in [9.17, 15) is 13.2 Å². The fraction of sp³-hybridized carbons (Fsp3) is 0.316. The number of hydrogen-bond donors (Lipinski definition) is 2. The average molecular weight is 411 g/mol. The van der Waals surface area contributed by atoms with Gasteiger partial charge >= 0.3 is 0 Å². The first-order valence-corrected chi connectivity index (χ1v) is 10.3. The molecule has 2 aromatic carbocycles. The first-order valence-electron chi connectivity index (χ1n) is 8.47. The van der Waals surface area contributed by atoms with Crippen LogP contribution in [0.4, 0.5) is 0 Å². The van der Waals surface area contributed by atoms with Gasteiger partial charge in [0, 0.05) is 11.1 Å². The highest BCUT2D eigenvalue weighted by Crippen LogP contribution is 2.17. The molecule has 2 aromatic rings. The highest BCUT2D eigenvalue weighted by molar-refractivity contribution is 7.89. The van der Waals surface area contributed by atoms with Crippen LogP contribution < -0.4 is 14.8 Å². The average Bonchev–Trinajstić information content (AvgIpc) is 2.60. The van der Waals surface area contributed by atoms with Gasteiger partial charge in [0.1, 0.15) is 5.75 Å². The first kappa shape index (κ1) is 21.2. The van der Waals surface area contributed by atoms with Crippen molar-refractivity contribution in [2.24, 2.45) is 0 Å². The molecule has 2 rings (SSSR count). The molecule has 0 unspecified atom stereocenters. The molecule has 146 valence electrons. The molecule has 6 nitrogen and oxygen atoms in total. The summed E-state index contributed by atoms with van der Waals surface area (Å²) >= 11 is 5.85. The molecule has 0 heterocycles. The quantitative estimate of drug-likeness (QED) is 0.699. The maximum Gasteiger partial charge on any atom is 0.258 e. The zero-order valence-corrected chi connectivity index (χ0v) is 17.0. The number of ether oxygens (including phenoxy) is 1. The molecule has 0 radical (unpaired) electrons. The third-order valence-corrected chi connectivity index (χ3v) is 5.57. The van der Waals surface area contributed by atoms with Crippen LogP contribution in [0.3, 0.4) is 0 Å². The van der Waals surface area contributed by atoms with Crippen molar-refractivity contribution in [2.45, 2.75) is 37.8 Å². The van der Waals surface area contributed by atoms with Crippen molar-refractivity contribution >= 4 is 27.5 Å². The summed E-state index contributed by atoms with van der Waals surface area (Å²) in [7, 11) is -3.55. The summed E-state index contributed by atoms with van der Waals surface area (Å²) in [6.45, 7) is 5.19. The van der Waals surface area contributed by atoms with E-state index in [1.807, 2.05) is 19.1 Å². The van der Waals surface area contributed by atoms with Crippen LogP contribution in [0.15, 0.2) is 53.4 Å². The summed E-state index contributed by atoms with van der Waals surface area (Å²) in [5.74, 6) is 0.128. The maximum absolute atomic E-state index is 12.1. The van der Waals surface area contributed by atoms with Crippen LogP contribution >= 0.6 is 11.6 Å². The molecule has 0 aliphatic carbocycles. The summed E-state index contributed by atoms with van der Waals surface area (Å²) < 4.78 is 32.1. The SMILES string of the molecule is CC(C)NS(=O)(=O)c1ccc(OCC(=O)N[C@@H](C)c2ccc(Cl)cc2)cc1. The molecule has 0 spiro atoms. The van der Waals surface area contributed by atoms with Crippen molar-refractivity contribution < 1.29 is 17.9 Å². The highest BCUT2D eigenvalue weighted by Gasteiger charge is 2.15. The Morgan fingerprint density at radius 2 is 1.63 bits per heavy atom. The van der Waals surface area contributed by atoms with Crippen LogP contribution in [0.5, 0.6) is 5.75 Å². The smallest absolute Gasteiger partial charge is 0.258 e. The van der Waals surface area contributed by atoms with Crippen LogP contribution in [-0.2, 0) is 14.8 Å². The van der Waals surface area contributed by atoms with E-state index in [0.717, 1.165) is 5.56 Å². The van der Waals surface area contributed by atoms with Crippen LogP contribution in [0, 0.1) is 0 Å². The number of carbonyl (C=O) groups is 1. The second-order valence-corrected chi connectivity index (χ2v) is 8.53. The fourth-order valence-electron chi connectivity index (χ4n) is 2.36. The largest absolute Gasteiger partial charge is 0.484 e. The Hall–Kier alpha value is -2.09. The second-order valence-electron chi connectivity index (χ2n) is 6.38. The Morgan fingerprint density at radius 3 is 2.19 bits per heavy atom. The molecular weight excluding hydrogens is 388 g/mol. The van der Waals surface area contributed by atoms with Crippen LogP contribution in [0.1, 0.15) is 32.4 Å². The zero-order chi connectivity index (χ0) is 20.0. The number of rotatable bonds is 8. The maximum atomic E-state index is 12.1.